The lowest BCUT2D eigenvalue weighted by Crippen LogP contribution is -2.36. The first-order valence-electron chi connectivity index (χ1n) is 13.8. The van der Waals surface area contributed by atoms with Crippen molar-refractivity contribution in [1.29, 1.82) is 0 Å². The van der Waals surface area contributed by atoms with Crippen molar-refractivity contribution in [3.05, 3.63) is 135 Å². The van der Waals surface area contributed by atoms with Gasteiger partial charge in [0.2, 0.25) is 0 Å². The summed E-state index contributed by atoms with van der Waals surface area (Å²) in [5.74, 6) is 0. The van der Waals surface area contributed by atoms with E-state index in [1.165, 1.54) is 54.5 Å². The zero-order valence-electron chi connectivity index (χ0n) is 22.2. The average molecular weight is 505 g/mol. The van der Waals surface area contributed by atoms with Crippen molar-refractivity contribution in [2.24, 2.45) is 5.41 Å². The number of hydrogen-bond donors (Lipinski definition) is 0. The van der Waals surface area contributed by atoms with Crippen LogP contribution in [-0.2, 0) is 0 Å². The molecule has 0 aliphatic carbocycles. The molecule has 0 radical (unpaired) electrons. The second kappa shape index (κ2) is 9.32. The third kappa shape index (κ3) is 4.13. The maximum atomic E-state index is 4.12. The Kier molecular flexibility index (Phi) is 5.63. The highest BCUT2D eigenvalue weighted by atomic mass is 15.7. The zero-order chi connectivity index (χ0) is 26.4. The van der Waals surface area contributed by atoms with Crippen LogP contribution < -0.4 is 10.0 Å². The van der Waals surface area contributed by atoms with Crippen LogP contribution in [0.1, 0.15) is 12.8 Å². The second-order valence-corrected chi connectivity index (χ2v) is 11.1. The molecule has 6 aromatic carbocycles. The van der Waals surface area contributed by atoms with Crippen LogP contribution in [-0.4, -0.2) is 13.1 Å². The number of fused-ring (bicyclic) bond motifs is 4. The van der Waals surface area contributed by atoms with Crippen LogP contribution in [0.15, 0.2) is 135 Å². The van der Waals surface area contributed by atoms with E-state index in [0.717, 1.165) is 25.9 Å². The highest BCUT2D eigenvalue weighted by Gasteiger charge is 2.42. The van der Waals surface area contributed by atoms with Crippen LogP contribution >= 0.6 is 0 Å². The van der Waals surface area contributed by atoms with E-state index in [9.17, 15) is 0 Å². The molecule has 6 aromatic rings. The monoisotopic (exact) mass is 504 g/mol. The number of anilines is 2. The first-order valence-corrected chi connectivity index (χ1v) is 13.8. The van der Waals surface area contributed by atoms with E-state index in [-0.39, 0.29) is 5.41 Å². The molecule has 1 heterocycles. The Morgan fingerprint density at radius 3 is 1.23 bits per heavy atom. The van der Waals surface area contributed by atoms with Crippen molar-refractivity contribution in [3.8, 4) is 0 Å². The molecule has 0 aromatic heterocycles. The molecule has 0 unspecified atom stereocenters. The highest BCUT2D eigenvalue weighted by molar-refractivity contribution is 6.01. The Hall–Kier alpha value is -4.56. The van der Waals surface area contributed by atoms with Gasteiger partial charge in [0.25, 0.3) is 0 Å². The maximum Gasteiger partial charge on any atom is 0.0580 e. The summed E-state index contributed by atoms with van der Waals surface area (Å²) in [4.78, 5) is 0. The Balaban J connectivity index is 1.36. The fourth-order valence-electron chi connectivity index (χ4n) is 6.45. The summed E-state index contributed by atoms with van der Waals surface area (Å²) in [5.41, 5.74) is 2.48. The van der Waals surface area contributed by atoms with Gasteiger partial charge in [0, 0.05) is 18.5 Å². The lowest BCUT2D eigenvalue weighted by molar-refractivity contribution is 0.363. The summed E-state index contributed by atoms with van der Waals surface area (Å²) in [6, 6.07) is 40.2. The number of hydrogen-bond acceptors (Lipinski definition) is 2. The maximum absolute atomic E-state index is 4.12. The van der Waals surface area contributed by atoms with Crippen LogP contribution in [0.3, 0.4) is 0 Å². The quantitative estimate of drug-likeness (QED) is 0.164. The van der Waals surface area contributed by atoms with Crippen molar-refractivity contribution in [1.82, 2.24) is 0 Å². The molecule has 0 atom stereocenters. The number of benzene rings is 6. The summed E-state index contributed by atoms with van der Waals surface area (Å²) < 4.78 is 0. The smallest absolute Gasteiger partial charge is 0.0580 e. The molecule has 1 fully saturated rings. The fourth-order valence-corrected chi connectivity index (χ4v) is 6.45. The molecule has 7 rings (SSSR count). The molecule has 0 amide bonds. The van der Waals surface area contributed by atoms with Crippen molar-refractivity contribution < 1.29 is 0 Å². The van der Waals surface area contributed by atoms with Crippen LogP contribution in [0, 0.1) is 5.41 Å². The van der Waals surface area contributed by atoms with Gasteiger partial charge in [-0.3, -0.25) is 10.0 Å². The first kappa shape index (κ1) is 23.5. The third-order valence-electron chi connectivity index (χ3n) is 8.39. The molecule has 190 valence electrons. The third-order valence-corrected chi connectivity index (χ3v) is 8.39. The topological polar surface area (TPSA) is 6.48 Å². The van der Waals surface area contributed by atoms with Gasteiger partial charge in [-0.25, -0.2) is 0 Å². The van der Waals surface area contributed by atoms with E-state index in [1.807, 2.05) is 0 Å². The van der Waals surface area contributed by atoms with Gasteiger partial charge in [0.15, 0.2) is 0 Å². The zero-order valence-corrected chi connectivity index (χ0v) is 22.2. The van der Waals surface area contributed by atoms with E-state index in [1.54, 1.807) is 0 Å². The molecular formula is C37H32N2. The predicted octanol–water partition coefficient (Wildman–Crippen LogP) is 9.68. The Morgan fingerprint density at radius 2 is 0.846 bits per heavy atom. The molecule has 0 N–H and O–H groups in total. The van der Waals surface area contributed by atoms with Gasteiger partial charge in [-0.05, 0) is 104 Å². The largest absolute Gasteiger partial charge is 0.285 e. The minimum absolute atomic E-state index is 0.0557. The van der Waals surface area contributed by atoms with Crippen LogP contribution in [0.25, 0.3) is 43.1 Å². The van der Waals surface area contributed by atoms with Gasteiger partial charge in [0.05, 0.1) is 11.4 Å². The van der Waals surface area contributed by atoms with Crippen molar-refractivity contribution in [2.45, 2.75) is 12.8 Å². The number of rotatable bonds is 6. The fraction of sp³-hybridized carbons (Fsp3) is 0.135. The van der Waals surface area contributed by atoms with Gasteiger partial charge in [0.1, 0.15) is 0 Å². The minimum Gasteiger partial charge on any atom is -0.285 e. The summed E-state index contributed by atoms with van der Waals surface area (Å²) >= 11 is 0. The molecule has 1 saturated heterocycles. The minimum atomic E-state index is 0.0557. The lowest BCUT2D eigenvalue weighted by atomic mass is 9.82. The van der Waals surface area contributed by atoms with Gasteiger partial charge >= 0.3 is 0 Å². The SMILES string of the molecule is C=CCC1(CC=C)CN(c2ccc3cc4ccccc4cc3c2)N(c2ccc3cc4ccccc4cc3c2)C1. The van der Waals surface area contributed by atoms with Gasteiger partial charge in [-0.1, -0.05) is 72.8 Å². The van der Waals surface area contributed by atoms with Crippen LogP contribution in [0.5, 0.6) is 0 Å². The van der Waals surface area contributed by atoms with Gasteiger partial charge in [-0.2, -0.15) is 0 Å². The molecule has 2 heteroatoms. The van der Waals surface area contributed by atoms with E-state index >= 15 is 0 Å². The molecule has 1 aliphatic heterocycles. The highest BCUT2D eigenvalue weighted by Crippen LogP contribution is 2.42. The normalized spacial score (nSPS) is 15.0. The summed E-state index contributed by atoms with van der Waals surface area (Å²) in [6.07, 6.45) is 6.04. The standard InChI is InChI=1S/C37H32N2/c1-3-17-37(18-4-2)25-38(35-15-13-31-19-27-9-5-7-11-29(27)21-33(31)23-35)39(26-37)36-16-14-32-20-28-10-6-8-12-30(28)22-34(32)24-36/h3-16,19-24H,1-2,17-18,25-26H2. The molecular weight excluding hydrogens is 472 g/mol. The molecule has 1 aliphatic rings. The molecule has 0 bridgehead atoms. The Labute approximate surface area is 230 Å². The average Bonchev–Trinajstić information content (AvgIpc) is 3.34. The summed E-state index contributed by atoms with van der Waals surface area (Å²) in [6.45, 7) is 10.1. The molecule has 2 nitrogen and oxygen atoms in total. The van der Waals surface area contributed by atoms with Crippen molar-refractivity contribution >= 4 is 54.5 Å². The van der Waals surface area contributed by atoms with Gasteiger partial charge in [-0.15, -0.1) is 13.2 Å². The molecule has 0 saturated carbocycles. The number of nitrogens with zero attached hydrogens (tertiary/aromatic N) is 2. The van der Waals surface area contributed by atoms with E-state index in [4.69, 9.17) is 0 Å². The predicted molar refractivity (Wildman–Crippen MR) is 170 cm³/mol. The van der Waals surface area contributed by atoms with E-state index in [2.05, 4.69) is 145 Å². The molecule has 0 spiro atoms. The molecule has 39 heavy (non-hydrogen) atoms. The number of allylic oxidation sites excluding steroid dienone is 2. The number of hydrazine groups is 1. The van der Waals surface area contributed by atoms with Crippen molar-refractivity contribution in [3.63, 3.8) is 0 Å². The van der Waals surface area contributed by atoms with E-state index < -0.39 is 0 Å². The van der Waals surface area contributed by atoms with Crippen LogP contribution in [0.2, 0.25) is 0 Å². The summed E-state index contributed by atoms with van der Waals surface area (Å²) in [5, 5.41) is 15.1. The van der Waals surface area contributed by atoms with Crippen LogP contribution in [0.4, 0.5) is 11.4 Å². The summed E-state index contributed by atoms with van der Waals surface area (Å²) in [7, 11) is 0. The Morgan fingerprint density at radius 1 is 0.487 bits per heavy atom. The second-order valence-electron chi connectivity index (χ2n) is 11.1. The van der Waals surface area contributed by atoms with Gasteiger partial charge < -0.3 is 0 Å². The van der Waals surface area contributed by atoms with Crippen molar-refractivity contribution in [2.75, 3.05) is 23.1 Å². The Bertz CT molecular complexity index is 1740. The van der Waals surface area contributed by atoms with E-state index in [0.29, 0.717) is 0 Å². The first-order chi connectivity index (χ1) is 19.1. The lowest BCUT2D eigenvalue weighted by Gasteiger charge is -2.32.